The number of rotatable bonds is 4. The van der Waals surface area contributed by atoms with Crippen LogP contribution in [0.5, 0.6) is 0 Å². The van der Waals surface area contributed by atoms with E-state index in [4.69, 9.17) is 34.8 Å². The van der Waals surface area contributed by atoms with Gasteiger partial charge in [-0.1, -0.05) is 53.0 Å². The SMILES string of the molecule is O=C(Nc1ccc(Cl)c(C(F)(F)F)c1)[C@@H]1CC=C[C@@H]2CCN(Cc3ccc(Cl)c(Cl)c3)C(=O)[C@@H]21. The van der Waals surface area contributed by atoms with E-state index >= 15 is 0 Å². The number of piperidine rings is 1. The van der Waals surface area contributed by atoms with Gasteiger partial charge in [-0.2, -0.15) is 13.2 Å². The highest BCUT2D eigenvalue weighted by molar-refractivity contribution is 6.42. The highest BCUT2D eigenvalue weighted by Crippen LogP contribution is 2.40. The molecule has 4 rings (SSSR count). The second kappa shape index (κ2) is 9.80. The molecule has 2 amide bonds. The maximum absolute atomic E-state index is 13.4. The van der Waals surface area contributed by atoms with Crippen molar-refractivity contribution >= 4 is 52.3 Å². The molecule has 0 bridgehead atoms. The van der Waals surface area contributed by atoms with Gasteiger partial charge >= 0.3 is 6.18 Å². The summed E-state index contributed by atoms with van der Waals surface area (Å²) >= 11 is 17.7. The third kappa shape index (κ3) is 5.21. The van der Waals surface area contributed by atoms with Crippen molar-refractivity contribution in [2.75, 3.05) is 11.9 Å². The van der Waals surface area contributed by atoms with Crippen molar-refractivity contribution < 1.29 is 22.8 Å². The fourth-order valence-electron chi connectivity index (χ4n) is 4.56. The molecule has 0 radical (unpaired) electrons. The van der Waals surface area contributed by atoms with Gasteiger partial charge in [-0.25, -0.2) is 0 Å². The van der Waals surface area contributed by atoms with E-state index in [2.05, 4.69) is 5.32 Å². The van der Waals surface area contributed by atoms with Crippen LogP contribution in [0.25, 0.3) is 0 Å². The van der Waals surface area contributed by atoms with Gasteiger partial charge in [0.2, 0.25) is 11.8 Å². The zero-order valence-electron chi connectivity index (χ0n) is 17.7. The summed E-state index contributed by atoms with van der Waals surface area (Å²) in [6.45, 7) is 0.841. The lowest BCUT2D eigenvalue weighted by Gasteiger charge is -2.41. The minimum Gasteiger partial charge on any atom is -0.338 e. The average molecular weight is 532 g/mol. The number of nitrogens with one attached hydrogen (secondary N) is 1. The van der Waals surface area contributed by atoms with Crippen LogP contribution in [0.2, 0.25) is 15.1 Å². The first-order valence-electron chi connectivity index (χ1n) is 10.6. The highest BCUT2D eigenvalue weighted by atomic mass is 35.5. The van der Waals surface area contributed by atoms with Crippen LogP contribution in [0, 0.1) is 17.8 Å². The number of benzene rings is 2. The van der Waals surface area contributed by atoms with E-state index < -0.39 is 34.5 Å². The number of likely N-dealkylation sites (tertiary alicyclic amines) is 1. The van der Waals surface area contributed by atoms with E-state index in [9.17, 15) is 22.8 Å². The summed E-state index contributed by atoms with van der Waals surface area (Å²) in [7, 11) is 0. The number of nitrogens with zero attached hydrogens (tertiary/aromatic N) is 1. The molecule has 0 saturated carbocycles. The number of allylic oxidation sites excluding steroid dienone is 2. The molecule has 1 heterocycles. The minimum absolute atomic E-state index is 0.0243. The molecule has 10 heteroatoms. The van der Waals surface area contributed by atoms with Crippen LogP contribution >= 0.6 is 34.8 Å². The summed E-state index contributed by atoms with van der Waals surface area (Å²) in [6.07, 6.45) is 0.153. The Balaban J connectivity index is 1.52. The number of carbonyl (C=O) groups excluding carboxylic acids is 2. The smallest absolute Gasteiger partial charge is 0.338 e. The van der Waals surface area contributed by atoms with Crippen molar-refractivity contribution in [3.05, 3.63) is 74.7 Å². The van der Waals surface area contributed by atoms with Gasteiger partial charge < -0.3 is 10.2 Å². The molecule has 2 aliphatic rings. The summed E-state index contributed by atoms with van der Waals surface area (Å²) < 4.78 is 39.6. The summed E-state index contributed by atoms with van der Waals surface area (Å²) in [6, 6.07) is 8.36. The van der Waals surface area contributed by atoms with Crippen molar-refractivity contribution in [2.24, 2.45) is 17.8 Å². The topological polar surface area (TPSA) is 49.4 Å². The molecule has 0 aromatic heterocycles. The molecule has 1 fully saturated rings. The van der Waals surface area contributed by atoms with Gasteiger partial charge in [-0.15, -0.1) is 0 Å². The van der Waals surface area contributed by atoms with Crippen molar-refractivity contribution in [3.63, 3.8) is 0 Å². The molecule has 0 unspecified atom stereocenters. The maximum atomic E-state index is 13.4. The second-order valence-electron chi connectivity index (χ2n) is 8.44. The van der Waals surface area contributed by atoms with Gasteiger partial charge in [0.1, 0.15) is 0 Å². The average Bonchev–Trinajstić information content (AvgIpc) is 2.78. The summed E-state index contributed by atoms with van der Waals surface area (Å²) in [4.78, 5) is 28.2. The normalized spacial score (nSPS) is 22.5. The van der Waals surface area contributed by atoms with Crippen LogP contribution in [0.15, 0.2) is 48.6 Å². The van der Waals surface area contributed by atoms with E-state index in [0.717, 1.165) is 17.7 Å². The Labute approximate surface area is 209 Å². The molecule has 1 aliphatic carbocycles. The number of hydrogen-bond donors (Lipinski definition) is 1. The van der Waals surface area contributed by atoms with Gasteiger partial charge in [-0.3, -0.25) is 9.59 Å². The van der Waals surface area contributed by atoms with Crippen LogP contribution in [0.3, 0.4) is 0 Å². The number of amides is 2. The Morgan fingerprint density at radius 3 is 2.50 bits per heavy atom. The van der Waals surface area contributed by atoms with E-state index in [1.54, 1.807) is 23.1 Å². The lowest BCUT2D eigenvalue weighted by molar-refractivity contribution is -0.147. The molecule has 2 aromatic carbocycles. The Morgan fingerprint density at radius 2 is 1.79 bits per heavy atom. The van der Waals surface area contributed by atoms with Gasteiger partial charge in [0.25, 0.3) is 0 Å². The Bertz CT molecular complexity index is 1150. The van der Waals surface area contributed by atoms with Crippen LogP contribution in [0.1, 0.15) is 24.0 Å². The van der Waals surface area contributed by atoms with E-state index in [0.29, 0.717) is 36.0 Å². The van der Waals surface area contributed by atoms with Gasteiger partial charge in [0.15, 0.2) is 0 Å². The number of halogens is 6. The Kier molecular flexibility index (Phi) is 7.17. The molecule has 1 aliphatic heterocycles. The molecule has 2 aromatic rings. The van der Waals surface area contributed by atoms with Gasteiger partial charge in [0, 0.05) is 18.8 Å². The molecule has 1 saturated heterocycles. The lowest BCUT2D eigenvalue weighted by atomic mass is 9.71. The van der Waals surface area contributed by atoms with Crippen molar-refractivity contribution in [2.45, 2.75) is 25.6 Å². The molecule has 1 N–H and O–H groups in total. The zero-order valence-corrected chi connectivity index (χ0v) is 20.0. The number of anilines is 1. The van der Waals surface area contributed by atoms with Gasteiger partial charge in [0.05, 0.1) is 32.5 Å². The monoisotopic (exact) mass is 530 g/mol. The number of alkyl halides is 3. The van der Waals surface area contributed by atoms with E-state index in [1.165, 1.54) is 6.07 Å². The van der Waals surface area contributed by atoms with Crippen LogP contribution in [-0.2, 0) is 22.3 Å². The van der Waals surface area contributed by atoms with Crippen molar-refractivity contribution in [1.29, 1.82) is 0 Å². The quantitative estimate of drug-likeness (QED) is 0.439. The highest BCUT2D eigenvalue weighted by Gasteiger charge is 2.44. The third-order valence-corrected chi connectivity index (χ3v) is 7.30. The van der Waals surface area contributed by atoms with Gasteiger partial charge in [-0.05, 0) is 54.7 Å². The fraction of sp³-hybridized carbons (Fsp3) is 0.333. The van der Waals surface area contributed by atoms with Crippen LogP contribution in [-0.4, -0.2) is 23.3 Å². The Hall–Kier alpha value is -2.22. The molecule has 180 valence electrons. The Morgan fingerprint density at radius 1 is 1.06 bits per heavy atom. The molecule has 4 nitrogen and oxygen atoms in total. The van der Waals surface area contributed by atoms with Crippen LogP contribution in [0.4, 0.5) is 18.9 Å². The first-order valence-corrected chi connectivity index (χ1v) is 11.7. The first kappa shape index (κ1) is 24.9. The molecular weight excluding hydrogens is 512 g/mol. The predicted octanol–water partition coefficient (Wildman–Crippen LogP) is 6.85. The standard InChI is InChI=1S/C24H20Cl3F3N2O2/c25-18-7-5-15(11-17(18)24(28,29)30)31-22(33)16-3-1-2-14-8-9-32(23(34)21(14)16)12-13-4-6-19(26)20(27)10-13/h1-2,4-7,10-11,14,16,21H,3,8-9,12H2,(H,31,33)/t14-,16-,21+/m1/s1. The largest absolute Gasteiger partial charge is 0.417 e. The summed E-state index contributed by atoms with van der Waals surface area (Å²) in [5.74, 6) is -2.09. The van der Waals surface area contributed by atoms with E-state index in [-0.39, 0.29) is 17.5 Å². The maximum Gasteiger partial charge on any atom is 0.417 e. The molecule has 0 spiro atoms. The third-order valence-electron chi connectivity index (χ3n) is 6.23. The lowest BCUT2D eigenvalue weighted by Crippen LogP contribution is -2.50. The predicted molar refractivity (Wildman–Crippen MR) is 126 cm³/mol. The minimum atomic E-state index is -4.65. The number of hydrogen-bond acceptors (Lipinski definition) is 2. The van der Waals surface area contributed by atoms with E-state index in [1.807, 2.05) is 12.2 Å². The fourth-order valence-corrected chi connectivity index (χ4v) is 5.11. The first-order chi connectivity index (χ1) is 16.0. The molecular formula is C24H20Cl3F3N2O2. The number of fused-ring (bicyclic) bond motifs is 1. The van der Waals surface area contributed by atoms with Crippen molar-refractivity contribution in [3.8, 4) is 0 Å². The number of carbonyl (C=O) groups is 2. The summed E-state index contributed by atoms with van der Waals surface area (Å²) in [5, 5.41) is 2.90. The van der Waals surface area contributed by atoms with Crippen molar-refractivity contribution in [1.82, 2.24) is 4.90 Å². The zero-order chi connectivity index (χ0) is 24.6. The summed E-state index contributed by atoms with van der Waals surface area (Å²) in [5.41, 5.74) is -0.243. The molecule has 3 atom stereocenters. The van der Waals surface area contributed by atoms with Crippen LogP contribution < -0.4 is 5.32 Å². The molecule has 34 heavy (non-hydrogen) atoms. The second-order valence-corrected chi connectivity index (χ2v) is 9.66.